The number of ether oxygens (including phenoxy) is 1. The van der Waals surface area contributed by atoms with Crippen molar-refractivity contribution in [2.75, 3.05) is 11.9 Å². The van der Waals surface area contributed by atoms with Gasteiger partial charge < -0.3 is 4.74 Å². The fourth-order valence-electron chi connectivity index (χ4n) is 3.40. The van der Waals surface area contributed by atoms with E-state index in [9.17, 15) is 31.1 Å². The molecule has 5 nitrogen and oxygen atoms in total. The third-order valence-electron chi connectivity index (χ3n) is 4.65. The van der Waals surface area contributed by atoms with E-state index in [-0.39, 0.29) is 17.1 Å². The number of aromatic nitrogens is 2. The highest BCUT2D eigenvalue weighted by Crippen LogP contribution is 2.55. The molecule has 0 spiro atoms. The zero-order chi connectivity index (χ0) is 19.3. The standard InChI is InChI=1S/C15H17F6N3O2/c1-24-12(22-13(25)26-6-9(16)17)10(7-2-14(18,19)3-7)11(23-24)8-4-15(20,21)5-8/h7-9H,2-6H2,1H3,(H,22,25). The van der Waals surface area contributed by atoms with Gasteiger partial charge in [0.05, 0.1) is 5.69 Å². The summed E-state index contributed by atoms with van der Waals surface area (Å²) in [5, 5.41) is 6.35. The Bertz CT molecular complexity index is 690. The van der Waals surface area contributed by atoms with Crippen LogP contribution in [0, 0.1) is 0 Å². The lowest BCUT2D eigenvalue weighted by molar-refractivity contribution is -0.0932. The van der Waals surface area contributed by atoms with Gasteiger partial charge in [-0.3, -0.25) is 10.00 Å². The lowest BCUT2D eigenvalue weighted by Crippen LogP contribution is -2.37. The molecule has 0 bridgehead atoms. The number of rotatable bonds is 5. The Kier molecular flexibility index (Phi) is 4.60. The van der Waals surface area contributed by atoms with Crippen LogP contribution < -0.4 is 5.32 Å². The molecular weight excluding hydrogens is 368 g/mol. The van der Waals surface area contributed by atoms with Gasteiger partial charge in [0.1, 0.15) is 5.82 Å². The number of alkyl halides is 6. The molecular formula is C15H17F6N3O2. The van der Waals surface area contributed by atoms with Crippen LogP contribution in [0.2, 0.25) is 0 Å². The summed E-state index contributed by atoms with van der Waals surface area (Å²) >= 11 is 0. The second-order valence-corrected chi connectivity index (χ2v) is 6.81. The van der Waals surface area contributed by atoms with Gasteiger partial charge in [0.15, 0.2) is 6.61 Å². The van der Waals surface area contributed by atoms with Crippen molar-refractivity contribution in [2.24, 2.45) is 7.05 Å². The van der Waals surface area contributed by atoms with E-state index in [0.29, 0.717) is 0 Å². The van der Waals surface area contributed by atoms with Crippen LogP contribution in [-0.4, -0.2) is 40.8 Å². The Balaban J connectivity index is 1.83. The molecule has 0 aromatic carbocycles. The smallest absolute Gasteiger partial charge is 0.413 e. The number of aryl methyl sites for hydroxylation is 1. The molecule has 2 saturated carbocycles. The summed E-state index contributed by atoms with van der Waals surface area (Å²) < 4.78 is 82.7. The summed E-state index contributed by atoms with van der Waals surface area (Å²) in [6.07, 6.45) is -5.92. The second kappa shape index (κ2) is 6.34. The Hall–Kier alpha value is -1.94. The minimum Gasteiger partial charge on any atom is -0.443 e. The van der Waals surface area contributed by atoms with Crippen molar-refractivity contribution in [3.8, 4) is 0 Å². The van der Waals surface area contributed by atoms with Gasteiger partial charge in [0.2, 0.25) is 11.8 Å². The topological polar surface area (TPSA) is 56.2 Å². The van der Waals surface area contributed by atoms with Gasteiger partial charge in [0.25, 0.3) is 6.43 Å². The molecule has 1 amide bonds. The molecule has 11 heteroatoms. The summed E-state index contributed by atoms with van der Waals surface area (Å²) in [5.74, 6) is -6.95. The summed E-state index contributed by atoms with van der Waals surface area (Å²) in [7, 11) is 1.41. The van der Waals surface area contributed by atoms with E-state index < -0.39 is 68.5 Å². The first-order chi connectivity index (χ1) is 12.0. The van der Waals surface area contributed by atoms with Gasteiger partial charge in [-0.1, -0.05) is 0 Å². The van der Waals surface area contributed by atoms with Crippen LogP contribution in [0.5, 0.6) is 0 Å². The van der Waals surface area contributed by atoms with Crippen LogP contribution in [0.1, 0.15) is 48.8 Å². The van der Waals surface area contributed by atoms with Crippen LogP contribution in [0.4, 0.5) is 37.0 Å². The zero-order valence-corrected chi connectivity index (χ0v) is 13.7. The van der Waals surface area contributed by atoms with Crippen molar-refractivity contribution in [1.82, 2.24) is 9.78 Å². The number of nitrogens with one attached hydrogen (secondary N) is 1. The number of halogens is 6. The number of amides is 1. The van der Waals surface area contributed by atoms with E-state index in [0.717, 1.165) is 0 Å². The monoisotopic (exact) mass is 385 g/mol. The van der Waals surface area contributed by atoms with Gasteiger partial charge >= 0.3 is 6.09 Å². The molecule has 1 aromatic heterocycles. The van der Waals surface area contributed by atoms with Gasteiger partial charge in [0, 0.05) is 50.1 Å². The van der Waals surface area contributed by atoms with Crippen LogP contribution in [0.3, 0.4) is 0 Å². The van der Waals surface area contributed by atoms with Crippen molar-refractivity contribution < 1.29 is 35.9 Å². The van der Waals surface area contributed by atoms with Crippen LogP contribution in [0.25, 0.3) is 0 Å². The van der Waals surface area contributed by atoms with Gasteiger partial charge in [-0.2, -0.15) is 5.10 Å². The molecule has 26 heavy (non-hydrogen) atoms. The second-order valence-electron chi connectivity index (χ2n) is 6.81. The lowest BCUT2D eigenvalue weighted by atomic mass is 9.71. The molecule has 3 rings (SSSR count). The largest absolute Gasteiger partial charge is 0.443 e. The van der Waals surface area contributed by atoms with E-state index in [1.807, 2.05) is 0 Å². The molecule has 0 saturated heterocycles. The Labute approximate surface area is 144 Å². The van der Waals surface area contributed by atoms with E-state index in [2.05, 4.69) is 15.2 Å². The lowest BCUT2D eigenvalue weighted by Gasteiger charge is -2.38. The first-order valence-corrected chi connectivity index (χ1v) is 8.02. The van der Waals surface area contributed by atoms with E-state index in [1.54, 1.807) is 0 Å². The van der Waals surface area contributed by atoms with Crippen molar-refractivity contribution in [2.45, 2.75) is 55.8 Å². The third-order valence-corrected chi connectivity index (χ3v) is 4.65. The van der Waals surface area contributed by atoms with Crippen molar-refractivity contribution >= 4 is 11.9 Å². The molecule has 1 N–H and O–H groups in total. The molecule has 0 atom stereocenters. The Morgan fingerprint density at radius 1 is 1.19 bits per heavy atom. The molecule has 146 valence electrons. The van der Waals surface area contributed by atoms with Gasteiger partial charge in [-0.25, -0.2) is 31.1 Å². The molecule has 0 radical (unpaired) electrons. The summed E-state index contributed by atoms with van der Waals surface area (Å²) in [6.45, 7) is -1.12. The maximum Gasteiger partial charge on any atom is 0.413 e. The van der Waals surface area contributed by atoms with Crippen LogP contribution in [0.15, 0.2) is 0 Å². The molecule has 2 aliphatic carbocycles. The van der Waals surface area contributed by atoms with E-state index >= 15 is 0 Å². The number of carbonyl (C=O) groups excluding carboxylic acids is 1. The number of carbonyl (C=O) groups is 1. The fourth-order valence-corrected chi connectivity index (χ4v) is 3.40. The van der Waals surface area contributed by atoms with Crippen LogP contribution >= 0.6 is 0 Å². The molecule has 0 unspecified atom stereocenters. The molecule has 1 heterocycles. The van der Waals surface area contributed by atoms with Crippen molar-refractivity contribution in [3.63, 3.8) is 0 Å². The quantitative estimate of drug-likeness (QED) is 0.771. The van der Waals surface area contributed by atoms with Crippen molar-refractivity contribution in [1.29, 1.82) is 0 Å². The number of hydrogen-bond acceptors (Lipinski definition) is 3. The Morgan fingerprint density at radius 2 is 1.73 bits per heavy atom. The zero-order valence-electron chi connectivity index (χ0n) is 13.7. The first-order valence-electron chi connectivity index (χ1n) is 8.02. The third kappa shape index (κ3) is 3.75. The molecule has 0 aliphatic heterocycles. The highest BCUT2D eigenvalue weighted by atomic mass is 19.3. The van der Waals surface area contributed by atoms with E-state index in [1.165, 1.54) is 11.7 Å². The molecule has 2 aliphatic rings. The van der Waals surface area contributed by atoms with Gasteiger partial charge in [-0.15, -0.1) is 0 Å². The SMILES string of the molecule is Cn1nc(C2CC(F)(F)C2)c(C2CC(F)(F)C2)c1NC(=O)OCC(F)F. The predicted octanol–water partition coefficient (Wildman–Crippen LogP) is 4.26. The fraction of sp³-hybridized carbons (Fsp3) is 0.733. The van der Waals surface area contributed by atoms with Crippen LogP contribution in [-0.2, 0) is 11.8 Å². The minimum atomic E-state index is -2.87. The molecule has 1 aromatic rings. The first kappa shape index (κ1) is 18.8. The molecule has 2 fully saturated rings. The van der Waals surface area contributed by atoms with Gasteiger partial charge in [-0.05, 0) is 0 Å². The highest BCUT2D eigenvalue weighted by molar-refractivity contribution is 5.85. The highest BCUT2D eigenvalue weighted by Gasteiger charge is 2.52. The number of hydrogen-bond donors (Lipinski definition) is 1. The Morgan fingerprint density at radius 3 is 2.23 bits per heavy atom. The number of nitrogens with zero attached hydrogens (tertiary/aromatic N) is 2. The normalized spacial score (nSPS) is 22.0. The average Bonchev–Trinajstić information content (AvgIpc) is 2.76. The summed E-state index contributed by atoms with van der Waals surface area (Å²) in [5.41, 5.74) is 0.496. The maximum absolute atomic E-state index is 13.3. The van der Waals surface area contributed by atoms with Crippen molar-refractivity contribution in [3.05, 3.63) is 11.3 Å². The summed E-state index contributed by atoms with van der Waals surface area (Å²) in [4.78, 5) is 11.7. The van der Waals surface area contributed by atoms with E-state index in [4.69, 9.17) is 0 Å². The minimum absolute atomic E-state index is 0.00924. The maximum atomic E-state index is 13.3. The average molecular weight is 385 g/mol. The summed E-state index contributed by atoms with van der Waals surface area (Å²) in [6, 6.07) is 0. The number of anilines is 1. The predicted molar refractivity (Wildman–Crippen MR) is 78.0 cm³/mol.